The molecule has 1 nitrogen and oxygen atoms in total. The quantitative estimate of drug-likeness (QED) is 0.572. The molecule has 3 heteroatoms. The maximum atomic E-state index is 11.5. The lowest BCUT2D eigenvalue weighted by Crippen LogP contribution is -2.00. The maximum Gasteiger partial charge on any atom is 0.164 e. The number of Topliss-reactive ketones (excluding diaryl/α,β-unsaturated/α-hetero) is 1. The number of carbonyl (C=O) groups excluding carboxylic acids is 1. The number of benzene rings is 1. The van der Waals surface area contributed by atoms with Crippen molar-refractivity contribution in [1.29, 1.82) is 0 Å². The van der Waals surface area contributed by atoms with Gasteiger partial charge in [-0.3, -0.25) is 4.79 Å². The largest absolute Gasteiger partial charge is 0.294 e. The van der Waals surface area contributed by atoms with Gasteiger partial charge >= 0.3 is 0 Å². The molecule has 1 aromatic carbocycles. The summed E-state index contributed by atoms with van der Waals surface area (Å²) in [5.74, 6) is 0.939. The molecule has 0 saturated carbocycles. The van der Waals surface area contributed by atoms with Gasteiger partial charge in [0.05, 0.1) is 0 Å². The molecule has 0 aliphatic carbocycles. The van der Waals surface area contributed by atoms with Gasteiger partial charge in [-0.05, 0) is 24.1 Å². The highest BCUT2D eigenvalue weighted by Gasteiger charge is 2.06. The molecule has 1 aromatic rings. The number of rotatable bonds is 4. The Morgan fingerprint density at radius 3 is 2.57 bits per heavy atom. The highest BCUT2D eigenvalue weighted by Crippen LogP contribution is 2.14. The number of ketones is 1. The molecule has 0 N–H and O–H groups in total. The summed E-state index contributed by atoms with van der Waals surface area (Å²) in [6.45, 7) is 1.95. The van der Waals surface area contributed by atoms with Gasteiger partial charge in [0.25, 0.3) is 0 Å². The molecule has 0 unspecified atom stereocenters. The molecule has 1 rings (SSSR count). The van der Waals surface area contributed by atoms with Gasteiger partial charge in [-0.15, -0.1) is 23.2 Å². The Morgan fingerprint density at radius 2 is 2.07 bits per heavy atom. The van der Waals surface area contributed by atoms with E-state index >= 15 is 0 Å². The predicted molar refractivity (Wildman–Crippen MR) is 60.4 cm³/mol. The lowest BCUT2D eigenvalue weighted by Gasteiger charge is -2.04. The second-order valence-electron chi connectivity index (χ2n) is 3.14. The van der Waals surface area contributed by atoms with Crippen LogP contribution in [0.4, 0.5) is 0 Å². The third kappa shape index (κ3) is 2.73. The van der Waals surface area contributed by atoms with Crippen molar-refractivity contribution in [2.24, 2.45) is 0 Å². The molecule has 0 aromatic heterocycles. The monoisotopic (exact) mass is 230 g/mol. The summed E-state index contributed by atoms with van der Waals surface area (Å²) in [4.78, 5) is 11.5. The fraction of sp³-hybridized carbons (Fsp3) is 0.364. The summed E-state index contributed by atoms with van der Waals surface area (Å²) in [6, 6.07) is 5.57. The van der Waals surface area contributed by atoms with Gasteiger partial charge in [0.15, 0.2) is 5.78 Å². The molecule has 0 bridgehead atoms. The van der Waals surface area contributed by atoms with Crippen molar-refractivity contribution in [2.75, 3.05) is 5.88 Å². The van der Waals surface area contributed by atoms with Crippen LogP contribution in [0.5, 0.6) is 0 Å². The summed E-state index contributed by atoms with van der Waals surface area (Å²) < 4.78 is 0. The van der Waals surface area contributed by atoms with Crippen molar-refractivity contribution in [3.63, 3.8) is 0 Å². The van der Waals surface area contributed by atoms with Gasteiger partial charge in [0.2, 0.25) is 0 Å². The molecule has 0 fully saturated rings. The highest BCUT2D eigenvalue weighted by atomic mass is 35.5. The van der Waals surface area contributed by atoms with Gasteiger partial charge in [-0.25, -0.2) is 0 Å². The fourth-order valence-corrected chi connectivity index (χ4v) is 1.72. The number of halogens is 2. The molecular formula is C11H12Cl2O. The van der Waals surface area contributed by atoms with Gasteiger partial charge in [0.1, 0.15) is 0 Å². The molecule has 0 radical (unpaired) electrons. The third-order valence-electron chi connectivity index (χ3n) is 2.13. The Hall–Kier alpha value is -0.530. The number of aryl methyl sites for hydroxylation is 1. The van der Waals surface area contributed by atoms with E-state index in [0.717, 1.165) is 16.7 Å². The van der Waals surface area contributed by atoms with E-state index in [0.29, 0.717) is 18.2 Å². The van der Waals surface area contributed by atoms with Gasteiger partial charge in [0, 0.05) is 23.7 Å². The summed E-state index contributed by atoms with van der Waals surface area (Å²) in [5.41, 5.74) is 2.84. The van der Waals surface area contributed by atoms with Crippen molar-refractivity contribution in [1.82, 2.24) is 0 Å². The molecule has 0 spiro atoms. The molecular weight excluding hydrogens is 219 g/mol. The van der Waals surface area contributed by atoms with Gasteiger partial charge in [-0.2, -0.15) is 0 Å². The van der Waals surface area contributed by atoms with E-state index < -0.39 is 0 Å². The van der Waals surface area contributed by atoms with E-state index in [4.69, 9.17) is 23.2 Å². The normalized spacial score (nSPS) is 10.2. The zero-order valence-electron chi connectivity index (χ0n) is 8.02. The lowest BCUT2D eigenvalue weighted by molar-refractivity contribution is 0.0989. The summed E-state index contributed by atoms with van der Waals surface area (Å²) >= 11 is 11.2. The molecule has 0 amide bonds. The third-order valence-corrected chi connectivity index (χ3v) is 2.61. The molecule has 76 valence electrons. The van der Waals surface area contributed by atoms with E-state index in [1.54, 1.807) is 6.07 Å². The number of hydrogen-bond donors (Lipinski definition) is 0. The van der Waals surface area contributed by atoms with Crippen molar-refractivity contribution in [3.8, 4) is 0 Å². The average Bonchev–Trinajstić information content (AvgIpc) is 2.18. The molecule has 0 heterocycles. The second-order valence-corrected chi connectivity index (χ2v) is 3.78. The first-order chi connectivity index (χ1) is 6.69. The Morgan fingerprint density at radius 1 is 1.36 bits per heavy atom. The van der Waals surface area contributed by atoms with Crippen LogP contribution < -0.4 is 0 Å². The maximum absolute atomic E-state index is 11.5. The first-order valence-electron chi connectivity index (χ1n) is 4.43. The van der Waals surface area contributed by atoms with Crippen molar-refractivity contribution in [2.45, 2.75) is 19.2 Å². The van der Waals surface area contributed by atoms with Crippen LogP contribution in [-0.2, 0) is 5.88 Å². The van der Waals surface area contributed by atoms with E-state index in [1.807, 2.05) is 19.1 Å². The summed E-state index contributed by atoms with van der Waals surface area (Å²) in [5, 5.41) is 0. The fourth-order valence-electron chi connectivity index (χ4n) is 1.25. The first kappa shape index (κ1) is 11.5. The summed E-state index contributed by atoms with van der Waals surface area (Å²) in [6.07, 6.45) is 0.390. The topological polar surface area (TPSA) is 17.1 Å². The zero-order valence-corrected chi connectivity index (χ0v) is 9.53. The lowest BCUT2D eigenvalue weighted by atomic mass is 10.0. The van der Waals surface area contributed by atoms with Crippen LogP contribution in [0.2, 0.25) is 0 Å². The number of carbonyl (C=O) groups is 1. The van der Waals surface area contributed by atoms with E-state index in [2.05, 4.69) is 0 Å². The van der Waals surface area contributed by atoms with Crippen LogP contribution >= 0.6 is 23.2 Å². The highest BCUT2D eigenvalue weighted by molar-refractivity contribution is 6.19. The molecule has 0 aliphatic rings. The Balaban J connectivity index is 2.91. The zero-order chi connectivity index (χ0) is 10.6. The minimum Gasteiger partial charge on any atom is -0.294 e. The van der Waals surface area contributed by atoms with Crippen molar-refractivity contribution >= 4 is 29.0 Å². The molecule has 0 aliphatic heterocycles. The van der Waals surface area contributed by atoms with Crippen LogP contribution in [0, 0.1) is 6.92 Å². The van der Waals surface area contributed by atoms with E-state index in [1.165, 1.54) is 0 Å². The Kier molecular flexibility index (Phi) is 4.43. The van der Waals surface area contributed by atoms with Crippen LogP contribution in [-0.4, -0.2) is 11.7 Å². The van der Waals surface area contributed by atoms with Crippen LogP contribution in [0.1, 0.15) is 27.9 Å². The Bertz CT molecular complexity index is 334. The Labute approximate surface area is 94.0 Å². The van der Waals surface area contributed by atoms with Crippen LogP contribution in [0.15, 0.2) is 18.2 Å². The van der Waals surface area contributed by atoms with Crippen molar-refractivity contribution in [3.05, 3.63) is 34.9 Å². The average molecular weight is 231 g/mol. The van der Waals surface area contributed by atoms with Gasteiger partial charge < -0.3 is 0 Å². The molecule has 0 atom stereocenters. The number of hydrogen-bond acceptors (Lipinski definition) is 1. The smallest absolute Gasteiger partial charge is 0.164 e. The standard InChI is InChI=1S/C11H12Cl2O/c1-8-6-9(11(14)4-5-12)2-3-10(8)7-13/h2-3,6H,4-5,7H2,1H3. The van der Waals surface area contributed by atoms with E-state index in [9.17, 15) is 4.79 Å². The van der Waals surface area contributed by atoms with E-state index in [-0.39, 0.29) is 5.78 Å². The number of alkyl halides is 2. The second kappa shape index (κ2) is 5.38. The molecule has 0 saturated heterocycles. The van der Waals surface area contributed by atoms with Crippen LogP contribution in [0.25, 0.3) is 0 Å². The SMILES string of the molecule is Cc1cc(C(=O)CCCl)ccc1CCl. The predicted octanol–water partition coefficient (Wildman–Crippen LogP) is 3.55. The van der Waals surface area contributed by atoms with Gasteiger partial charge in [-0.1, -0.05) is 12.1 Å². The van der Waals surface area contributed by atoms with Crippen molar-refractivity contribution < 1.29 is 4.79 Å². The first-order valence-corrected chi connectivity index (χ1v) is 5.50. The van der Waals surface area contributed by atoms with Crippen LogP contribution in [0.3, 0.4) is 0 Å². The summed E-state index contributed by atoms with van der Waals surface area (Å²) in [7, 11) is 0. The molecule has 14 heavy (non-hydrogen) atoms. The minimum absolute atomic E-state index is 0.0872. The minimum atomic E-state index is 0.0872.